The second kappa shape index (κ2) is 15.7. The Bertz CT molecular complexity index is 662. The second-order valence-corrected chi connectivity index (χ2v) is 7.32. The van der Waals surface area contributed by atoms with Crippen molar-refractivity contribution in [1.82, 2.24) is 0 Å². The van der Waals surface area contributed by atoms with E-state index in [1.807, 2.05) is 0 Å². The summed E-state index contributed by atoms with van der Waals surface area (Å²) in [4.78, 5) is 47.4. The van der Waals surface area contributed by atoms with E-state index in [1.54, 1.807) is 0 Å². The molecule has 190 valence electrons. The van der Waals surface area contributed by atoms with Crippen molar-refractivity contribution < 1.29 is 57.8 Å². The molecule has 1 fully saturated rings. The number of aliphatic hydroxyl groups is 2. The molecule has 33 heavy (non-hydrogen) atoms. The lowest BCUT2D eigenvalue weighted by Crippen LogP contribution is -2.64. The van der Waals surface area contributed by atoms with Crippen molar-refractivity contribution >= 4 is 70.3 Å². The first-order chi connectivity index (χ1) is 15.7. The van der Waals surface area contributed by atoms with Gasteiger partial charge in [0.2, 0.25) is 0 Å². The average molecular weight is 560 g/mol. The molecule has 1 aliphatic rings. The van der Waals surface area contributed by atoms with Crippen molar-refractivity contribution in [3.05, 3.63) is 0 Å². The van der Waals surface area contributed by atoms with Crippen LogP contribution in [-0.4, -0.2) is 114 Å². The Labute approximate surface area is 208 Å². The average Bonchev–Trinajstić information content (AvgIpc) is 2.83. The predicted octanol–water partition coefficient (Wildman–Crippen LogP) is -0.685. The van der Waals surface area contributed by atoms with Crippen molar-refractivity contribution in [3.8, 4) is 0 Å². The van der Waals surface area contributed by atoms with Gasteiger partial charge in [-0.2, -0.15) is 0 Å². The summed E-state index contributed by atoms with van der Waals surface area (Å²) in [6.45, 7) is -1.91. The summed E-state index contributed by atoms with van der Waals surface area (Å²) in [7, 11) is 0. The Hall–Kier alpha value is -1.12. The Balaban J connectivity index is 3.42. The van der Waals surface area contributed by atoms with Crippen LogP contribution in [-0.2, 0) is 47.6 Å². The highest BCUT2D eigenvalue weighted by Crippen LogP contribution is 2.30. The fourth-order valence-corrected chi connectivity index (χ4v) is 2.89. The third kappa shape index (κ3) is 9.57. The summed E-state index contributed by atoms with van der Waals surface area (Å²) in [5.74, 6) is -6.18. The van der Waals surface area contributed by atoms with Crippen LogP contribution in [0.5, 0.6) is 0 Å². The topological polar surface area (TPSA) is 164 Å². The largest absolute Gasteiger partial charge is 0.462 e. The van der Waals surface area contributed by atoms with Gasteiger partial charge in [0.25, 0.3) is 0 Å². The standard InChI is InChI=1S/C17H22Cl4O12/c18-1-10(24)28-7-9-14(31-11(25)2-19)15(32-12(26)3-20)16(33-13(27)4-21)17(30-9)29-8(5-22)6-23/h8-9,14-17,22-23H,1-7H2/t9-,14+,15+,16-,17-/m1/s1. The highest BCUT2D eigenvalue weighted by atomic mass is 35.5. The number of carbonyl (C=O) groups is 4. The molecule has 1 saturated heterocycles. The molecule has 1 heterocycles. The normalized spacial score (nSPS) is 24.8. The van der Waals surface area contributed by atoms with Crippen LogP contribution < -0.4 is 0 Å². The smallest absolute Gasteiger partial charge is 0.321 e. The quantitative estimate of drug-likeness (QED) is 0.166. The zero-order valence-corrected chi connectivity index (χ0v) is 19.9. The highest BCUT2D eigenvalue weighted by molar-refractivity contribution is 6.27. The highest BCUT2D eigenvalue weighted by Gasteiger charge is 2.53. The summed E-state index contributed by atoms with van der Waals surface area (Å²) < 4.78 is 31.6. The molecule has 0 saturated carbocycles. The molecule has 0 spiro atoms. The van der Waals surface area contributed by atoms with Crippen molar-refractivity contribution in [3.63, 3.8) is 0 Å². The number of carbonyl (C=O) groups excluding carboxylic acids is 4. The van der Waals surface area contributed by atoms with E-state index in [-0.39, 0.29) is 0 Å². The van der Waals surface area contributed by atoms with E-state index in [0.29, 0.717) is 0 Å². The molecule has 0 radical (unpaired) electrons. The lowest BCUT2D eigenvalue weighted by molar-refractivity contribution is -0.320. The monoisotopic (exact) mass is 558 g/mol. The van der Waals surface area contributed by atoms with E-state index in [2.05, 4.69) is 0 Å². The Morgan fingerprint density at radius 3 is 1.64 bits per heavy atom. The van der Waals surface area contributed by atoms with Gasteiger partial charge in [-0.15, -0.1) is 46.4 Å². The molecular weight excluding hydrogens is 538 g/mol. The maximum atomic E-state index is 12.0. The van der Waals surface area contributed by atoms with Crippen molar-refractivity contribution in [2.45, 2.75) is 36.8 Å². The SMILES string of the molecule is O=C(CCl)OC[C@H]1O[C@@H](OC(CO)CO)[C@H](OC(=O)CCl)[C@@H](OC(=O)CCl)[C@H]1OC(=O)CCl. The van der Waals surface area contributed by atoms with Crippen molar-refractivity contribution in [2.24, 2.45) is 0 Å². The van der Waals surface area contributed by atoms with Crippen molar-refractivity contribution in [2.75, 3.05) is 43.3 Å². The van der Waals surface area contributed by atoms with Crippen LogP contribution >= 0.6 is 46.4 Å². The molecule has 5 atom stereocenters. The first kappa shape index (κ1) is 29.9. The Kier molecular flexibility index (Phi) is 14.2. The number of hydrogen-bond acceptors (Lipinski definition) is 12. The molecule has 0 aliphatic carbocycles. The number of rotatable bonds is 13. The van der Waals surface area contributed by atoms with Gasteiger partial charge in [0.05, 0.1) is 13.2 Å². The molecule has 0 aromatic heterocycles. The van der Waals surface area contributed by atoms with E-state index in [9.17, 15) is 29.4 Å². The lowest BCUT2D eigenvalue weighted by atomic mass is 9.98. The minimum absolute atomic E-state index is 0.503. The first-order valence-corrected chi connectivity index (χ1v) is 11.4. The second-order valence-electron chi connectivity index (χ2n) is 6.25. The van der Waals surface area contributed by atoms with Crippen LogP contribution in [0.15, 0.2) is 0 Å². The van der Waals surface area contributed by atoms with E-state index in [4.69, 9.17) is 74.8 Å². The lowest BCUT2D eigenvalue weighted by Gasteiger charge is -2.44. The number of ether oxygens (including phenoxy) is 6. The number of hydrogen-bond donors (Lipinski definition) is 2. The molecule has 1 rings (SSSR count). The van der Waals surface area contributed by atoms with Gasteiger partial charge in [-0.1, -0.05) is 0 Å². The van der Waals surface area contributed by atoms with Crippen LogP contribution in [0.4, 0.5) is 0 Å². The van der Waals surface area contributed by atoms with Crippen LogP contribution in [0.2, 0.25) is 0 Å². The summed E-state index contributed by atoms with van der Waals surface area (Å²) in [5.41, 5.74) is 0. The van der Waals surface area contributed by atoms with Gasteiger partial charge in [0.1, 0.15) is 42.3 Å². The summed E-state index contributed by atoms with van der Waals surface area (Å²) >= 11 is 21.9. The molecule has 0 bridgehead atoms. The third-order valence-electron chi connectivity index (χ3n) is 3.97. The number of esters is 4. The molecule has 16 heteroatoms. The molecule has 0 amide bonds. The summed E-state index contributed by atoms with van der Waals surface area (Å²) in [5, 5.41) is 18.7. The zero-order valence-electron chi connectivity index (χ0n) is 16.9. The van der Waals surface area contributed by atoms with Gasteiger partial charge in [0, 0.05) is 0 Å². The molecular formula is C17H22Cl4O12. The Morgan fingerprint density at radius 2 is 1.18 bits per heavy atom. The fraction of sp³-hybridized carbons (Fsp3) is 0.765. The van der Waals surface area contributed by atoms with E-state index in [1.165, 1.54) is 0 Å². The predicted molar refractivity (Wildman–Crippen MR) is 111 cm³/mol. The third-order valence-corrected chi connectivity index (χ3v) is 4.85. The minimum Gasteiger partial charge on any atom is -0.462 e. The van der Waals surface area contributed by atoms with Crippen LogP contribution in [0.25, 0.3) is 0 Å². The van der Waals surface area contributed by atoms with Gasteiger partial charge < -0.3 is 38.6 Å². The van der Waals surface area contributed by atoms with Gasteiger partial charge in [-0.3, -0.25) is 19.2 Å². The minimum atomic E-state index is -1.61. The van der Waals surface area contributed by atoms with Crippen molar-refractivity contribution in [1.29, 1.82) is 0 Å². The van der Waals surface area contributed by atoms with Gasteiger partial charge in [-0.25, -0.2) is 0 Å². The molecule has 0 aromatic rings. The van der Waals surface area contributed by atoms with Crippen LogP contribution in [0.3, 0.4) is 0 Å². The molecule has 2 N–H and O–H groups in total. The maximum absolute atomic E-state index is 12.0. The van der Waals surface area contributed by atoms with Gasteiger partial charge in [-0.05, 0) is 0 Å². The van der Waals surface area contributed by atoms with Crippen LogP contribution in [0, 0.1) is 0 Å². The molecule has 0 aromatic carbocycles. The van der Waals surface area contributed by atoms with Gasteiger partial charge in [0.15, 0.2) is 24.6 Å². The molecule has 1 aliphatic heterocycles. The summed E-state index contributed by atoms with van der Waals surface area (Å²) in [6.07, 6.45) is -8.93. The van der Waals surface area contributed by atoms with Gasteiger partial charge >= 0.3 is 23.9 Å². The number of aliphatic hydroxyl groups excluding tert-OH is 2. The Morgan fingerprint density at radius 1 is 0.727 bits per heavy atom. The van der Waals surface area contributed by atoms with E-state index in [0.717, 1.165) is 0 Å². The van der Waals surface area contributed by atoms with E-state index >= 15 is 0 Å². The zero-order chi connectivity index (χ0) is 25.0. The first-order valence-electron chi connectivity index (χ1n) is 9.25. The number of alkyl halides is 4. The van der Waals surface area contributed by atoms with E-state index < -0.39 is 104 Å². The summed E-state index contributed by atoms with van der Waals surface area (Å²) in [6, 6.07) is 0. The fourth-order valence-electron chi connectivity index (χ4n) is 2.62. The number of halogens is 4. The molecule has 12 nitrogen and oxygen atoms in total. The maximum Gasteiger partial charge on any atom is 0.321 e. The molecule has 0 unspecified atom stereocenters. The van der Waals surface area contributed by atoms with Crippen LogP contribution in [0.1, 0.15) is 0 Å².